The number of carbonyl (C=O) groups is 2. The Bertz CT molecular complexity index is 890. The van der Waals surface area contributed by atoms with Crippen molar-refractivity contribution in [1.82, 2.24) is 5.32 Å². The number of nitrogens with one attached hydrogen (secondary N) is 1. The lowest BCUT2D eigenvalue weighted by atomic mass is 9.99. The molecule has 0 aliphatic rings. The van der Waals surface area contributed by atoms with Crippen LogP contribution in [0.3, 0.4) is 0 Å². The monoisotopic (exact) mass is 423 g/mol. The Labute approximate surface area is 185 Å². The molecule has 0 fully saturated rings. The Morgan fingerprint density at radius 2 is 1.71 bits per heavy atom. The largest absolute Gasteiger partial charge is 0.507 e. The number of phenolic OH excluding ortho intramolecular Hbond substituents is 1. The van der Waals surface area contributed by atoms with Gasteiger partial charge in [0.25, 0.3) is 0 Å². The van der Waals surface area contributed by atoms with E-state index in [0.29, 0.717) is 29.1 Å². The Morgan fingerprint density at radius 3 is 2.39 bits per heavy atom. The highest BCUT2D eigenvalue weighted by atomic mass is 16.5. The van der Waals surface area contributed by atoms with Crippen LogP contribution >= 0.6 is 0 Å². The van der Waals surface area contributed by atoms with E-state index in [2.05, 4.69) is 18.8 Å². The van der Waals surface area contributed by atoms with Crippen LogP contribution in [0.2, 0.25) is 0 Å². The molecule has 31 heavy (non-hydrogen) atoms. The van der Waals surface area contributed by atoms with Gasteiger partial charge in [-0.3, -0.25) is 9.59 Å². The summed E-state index contributed by atoms with van der Waals surface area (Å²) in [4.78, 5) is 24.8. The number of carbonyl (C=O) groups excluding carboxylic acids is 2. The highest BCUT2D eigenvalue weighted by molar-refractivity contribution is 6.10. The molecule has 0 aromatic heterocycles. The maximum atomic E-state index is 12.9. The summed E-state index contributed by atoms with van der Waals surface area (Å²) in [5, 5.41) is 13.3. The molecule has 0 aliphatic carbocycles. The van der Waals surface area contributed by atoms with Gasteiger partial charge >= 0.3 is 0 Å². The van der Waals surface area contributed by atoms with Crippen molar-refractivity contribution < 1.29 is 19.4 Å². The molecule has 2 aromatic carbocycles. The molecule has 0 saturated carbocycles. The second-order valence-corrected chi connectivity index (χ2v) is 7.75. The number of unbranched alkanes of at least 4 members (excludes halogenated alkanes) is 5. The summed E-state index contributed by atoms with van der Waals surface area (Å²) >= 11 is 0. The van der Waals surface area contributed by atoms with Crippen LogP contribution in [0, 0.1) is 0 Å². The molecule has 0 heterocycles. The van der Waals surface area contributed by atoms with Gasteiger partial charge in [0.1, 0.15) is 11.5 Å². The van der Waals surface area contributed by atoms with Crippen LogP contribution < -0.4 is 10.1 Å². The van der Waals surface area contributed by atoms with Crippen LogP contribution in [0.5, 0.6) is 11.5 Å². The average Bonchev–Trinajstić information content (AvgIpc) is 2.77. The standard InChI is InChI=1S/C26H33NO4/c1-4-5-6-7-8-12-15-31-24-17-23(28)22(25(29)20-13-10-9-11-14-20)16-21(24)18-27-26(30)19(2)3/h9-11,13-14,16-17,28H,2,4-8,12,15,18H2,1,3H3,(H,27,30). The number of aromatic hydroxyl groups is 1. The van der Waals surface area contributed by atoms with E-state index in [9.17, 15) is 14.7 Å². The van der Waals surface area contributed by atoms with Crippen molar-refractivity contribution in [1.29, 1.82) is 0 Å². The molecule has 0 aliphatic heterocycles. The second kappa shape index (κ2) is 12.6. The van der Waals surface area contributed by atoms with Gasteiger partial charge in [0, 0.05) is 29.3 Å². The van der Waals surface area contributed by atoms with Crippen molar-refractivity contribution in [2.75, 3.05) is 6.61 Å². The third-order valence-corrected chi connectivity index (χ3v) is 5.04. The maximum absolute atomic E-state index is 12.9. The molecule has 0 unspecified atom stereocenters. The van der Waals surface area contributed by atoms with E-state index in [1.165, 1.54) is 31.7 Å². The number of phenols is 1. The van der Waals surface area contributed by atoms with Crippen LogP contribution in [-0.4, -0.2) is 23.4 Å². The van der Waals surface area contributed by atoms with E-state index >= 15 is 0 Å². The van der Waals surface area contributed by atoms with Crippen molar-refractivity contribution in [2.24, 2.45) is 0 Å². The number of rotatable bonds is 13. The van der Waals surface area contributed by atoms with Crippen LogP contribution in [0.4, 0.5) is 0 Å². The fourth-order valence-electron chi connectivity index (χ4n) is 3.20. The van der Waals surface area contributed by atoms with Crippen LogP contribution in [-0.2, 0) is 11.3 Å². The molecular weight excluding hydrogens is 390 g/mol. The lowest BCUT2D eigenvalue weighted by Crippen LogP contribution is -2.23. The van der Waals surface area contributed by atoms with E-state index < -0.39 is 0 Å². The number of hydrogen-bond acceptors (Lipinski definition) is 4. The summed E-state index contributed by atoms with van der Waals surface area (Å²) in [6, 6.07) is 11.8. The number of ketones is 1. The van der Waals surface area contributed by atoms with Crippen molar-refractivity contribution >= 4 is 11.7 Å². The van der Waals surface area contributed by atoms with Crippen LogP contribution in [0.1, 0.15) is 73.9 Å². The van der Waals surface area contributed by atoms with Crippen molar-refractivity contribution in [3.63, 3.8) is 0 Å². The zero-order valence-electron chi connectivity index (χ0n) is 18.6. The van der Waals surface area contributed by atoms with E-state index in [1.807, 2.05) is 6.07 Å². The fourth-order valence-corrected chi connectivity index (χ4v) is 3.20. The minimum Gasteiger partial charge on any atom is -0.507 e. The van der Waals surface area contributed by atoms with Gasteiger partial charge in [-0.15, -0.1) is 0 Å². The summed E-state index contributed by atoms with van der Waals surface area (Å²) in [6.07, 6.45) is 6.85. The van der Waals surface area contributed by atoms with Crippen molar-refractivity contribution in [3.05, 3.63) is 71.3 Å². The van der Waals surface area contributed by atoms with Crippen molar-refractivity contribution in [2.45, 2.75) is 58.9 Å². The molecular formula is C26H33NO4. The summed E-state index contributed by atoms with van der Waals surface area (Å²) in [7, 11) is 0. The molecule has 0 radical (unpaired) electrons. The molecule has 2 aromatic rings. The number of amides is 1. The molecule has 5 heteroatoms. The van der Waals surface area contributed by atoms with Gasteiger partial charge in [-0.1, -0.05) is 75.9 Å². The van der Waals surface area contributed by atoms with Gasteiger partial charge in [0.2, 0.25) is 5.91 Å². The first-order valence-electron chi connectivity index (χ1n) is 11.0. The Balaban J connectivity index is 2.16. The lowest BCUT2D eigenvalue weighted by molar-refractivity contribution is -0.117. The molecule has 0 atom stereocenters. The number of hydrogen-bond donors (Lipinski definition) is 2. The first-order valence-corrected chi connectivity index (χ1v) is 11.0. The van der Waals surface area contributed by atoms with Gasteiger partial charge in [0.05, 0.1) is 12.2 Å². The highest BCUT2D eigenvalue weighted by Crippen LogP contribution is 2.30. The van der Waals surface area contributed by atoms with E-state index in [4.69, 9.17) is 4.74 Å². The quantitative estimate of drug-likeness (QED) is 0.251. The molecule has 0 spiro atoms. The van der Waals surface area contributed by atoms with E-state index in [-0.39, 0.29) is 29.5 Å². The number of benzene rings is 2. The van der Waals surface area contributed by atoms with Gasteiger partial charge in [0.15, 0.2) is 5.78 Å². The Morgan fingerprint density at radius 1 is 1.03 bits per heavy atom. The third kappa shape index (κ3) is 7.59. The van der Waals surface area contributed by atoms with Gasteiger partial charge in [-0.25, -0.2) is 0 Å². The molecule has 2 N–H and O–H groups in total. The van der Waals surface area contributed by atoms with Gasteiger partial charge in [-0.2, -0.15) is 0 Å². The van der Waals surface area contributed by atoms with Gasteiger partial charge < -0.3 is 15.2 Å². The first kappa shape index (κ1) is 24.2. The minimum absolute atomic E-state index is 0.137. The van der Waals surface area contributed by atoms with E-state index in [0.717, 1.165) is 12.8 Å². The zero-order valence-corrected chi connectivity index (χ0v) is 18.6. The second-order valence-electron chi connectivity index (χ2n) is 7.75. The lowest BCUT2D eigenvalue weighted by Gasteiger charge is -2.15. The van der Waals surface area contributed by atoms with Crippen molar-refractivity contribution in [3.8, 4) is 11.5 Å². The summed E-state index contributed by atoms with van der Waals surface area (Å²) in [5.74, 6) is -0.224. The van der Waals surface area contributed by atoms with Crippen LogP contribution in [0.25, 0.3) is 0 Å². The molecule has 5 nitrogen and oxygen atoms in total. The smallest absolute Gasteiger partial charge is 0.246 e. The zero-order chi connectivity index (χ0) is 22.6. The normalized spacial score (nSPS) is 10.5. The fraction of sp³-hybridized carbons (Fsp3) is 0.385. The first-order chi connectivity index (χ1) is 14.9. The summed E-state index contributed by atoms with van der Waals surface area (Å²) in [5.41, 5.74) is 1.69. The maximum Gasteiger partial charge on any atom is 0.246 e. The SMILES string of the molecule is C=C(C)C(=O)NCc1cc(C(=O)c2ccccc2)c(O)cc1OCCCCCCCC. The topological polar surface area (TPSA) is 75.6 Å². The molecule has 1 amide bonds. The summed E-state index contributed by atoms with van der Waals surface area (Å²) < 4.78 is 5.91. The summed E-state index contributed by atoms with van der Waals surface area (Å²) in [6.45, 7) is 8.15. The average molecular weight is 424 g/mol. The Kier molecular flexibility index (Phi) is 9.82. The molecule has 166 valence electrons. The predicted octanol–water partition coefficient (Wildman–Crippen LogP) is 5.55. The highest BCUT2D eigenvalue weighted by Gasteiger charge is 2.18. The van der Waals surface area contributed by atoms with E-state index in [1.54, 1.807) is 37.3 Å². The minimum atomic E-state index is -0.284. The third-order valence-electron chi connectivity index (χ3n) is 5.04. The molecule has 0 bridgehead atoms. The number of ether oxygens (including phenoxy) is 1. The Hall–Kier alpha value is -3.08. The molecule has 0 saturated heterocycles. The van der Waals surface area contributed by atoms with Gasteiger partial charge in [-0.05, 0) is 19.4 Å². The predicted molar refractivity (Wildman–Crippen MR) is 124 cm³/mol. The van der Waals surface area contributed by atoms with Crippen LogP contribution in [0.15, 0.2) is 54.6 Å². The molecule has 2 rings (SSSR count).